The van der Waals surface area contributed by atoms with E-state index in [0.717, 1.165) is 48.2 Å². The molecule has 0 aromatic heterocycles. The molecular weight excluding hydrogens is 387 g/mol. The minimum absolute atomic E-state index is 0. The van der Waals surface area contributed by atoms with Crippen molar-refractivity contribution >= 4 is 11.4 Å². The number of hydrogen-bond donors (Lipinski definition) is 0. The largest absolute Gasteiger partial charge is 0.493 e. The van der Waals surface area contributed by atoms with Gasteiger partial charge < -0.3 is 5.53 Å². The molecule has 0 bridgehead atoms. The van der Waals surface area contributed by atoms with Crippen molar-refractivity contribution in [3.63, 3.8) is 0 Å². The van der Waals surface area contributed by atoms with Crippen molar-refractivity contribution in [2.45, 2.75) is 59.3 Å². The summed E-state index contributed by atoms with van der Waals surface area (Å²) in [6.45, 7) is 6.52. The summed E-state index contributed by atoms with van der Waals surface area (Å²) in [5, 5.41) is 0. The molecule has 1 aliphatic heterocycles. The van der Waals surface area contributed by atoms with Crippen LogP contribution in [-0.4, -0.2) is 4.70 Å². The van der Waals surface area contributed by atoms with Gasteiger partial charge in [0.15, 0.2) is 0 Å². The van der Waals surface area contributed by atoms with E-state index in [4.69, 9.17) is 0 Å². The van der Waals surface area contributed by atoms with Crippen LogP contribution in [-0.2, 0) is 22.9 Å². The van der Waals surface area contributed by atoms with Gasteiger partial charge in [0.2, 0.25) is 11.4 Å². The Kier molecular flexibility index (Phi) is 8.39. The molecule has 0 unspecified atom stereocenters. The van der Waals surface area contributed by atoms with Gasteiger partial charge in [-0.15, -0.1) is 0 Å². The molecule has 28 heavy (non-hydrogen) atoms. The van der Waals surface area contributed by atoms with E-state index < -0.39 is 0 Å². The standard InChI is InChI=1S/C25H30N2.Ni/c1-4-6-11-20-12-9-15-22(17-20)25-23(13-7-5-2)18-24(27(25)26)21-14-8-10-19(3)16-21;/h8-10,12,14-18H,4-7,11,13H2,1-3H3;. The van der Waals surface area contributed by atoms with E-state index in [1.54, 1.807) is 0 Å². The maximum absolute atomic E-state index is 11.1. The summed E-state index contributed by atoms with van der Waals surface area (Å²) in [7, 11) is 0. The molecule has 2 aromatic rings. The van der Waals surface area contributed by atoms with Gasteiger partial charge in [-0.1, -0.05) is 56.5 Å². The first-order valence-electron chi connectivity index (χ1n) is 10.2. The summed E-state index contributed by atoms with van der Waals surface area (Å²) in [6, 6.07) is 17.0. The predicted octanol–water partition coefficient (Wildman–Crippen LogP) is 7.33. The predicted molar refractivity (Wildman–Crippen MR) is 114 cm³/mol. The van der Waals surface area contributed by atoms with Gasteiger partial charge in [0.25, 0.3) is 0 Å². The summed E-state index contributed by atoms with van der Waals surface area (Å²) >= 11 is 0. The Hall–Kier alpha value is -1.99. The summed E-state index contributed by atoms with van der Waals surface area (Å²) in [5.74, 6) is 0. The normalized spacial score (nSPS) is 13.5. The van der Waals surface area contributed by atoms with Crippen molar-refractivity contribution in [3.8, 4) is 0 Å². The van der Waals surface area contributed by atoms with Crippen molar-refractivity contribution in [1.29, 1.82) is 0 Å². The fourth-order valence-electron chi connectivity index (χ4n) is 3.68. The van der Waals surface area contributed by atoms with Crippen LogP contribution in [0.25, 0.3) is 16.9 Å². The third-order valence-electron chi connectivity index (χ3n) is 5.19. The van der Waals surface area contributed by atoms with Crippen molar-refractivity contribution in [2.75, 3.05) is 0 Å². The molecule has 0 spiro atoms. The van der Waals surface area contributed by atoms with Crippen LogP contribution in [0.4, 0.5) is 0 Å². The second kappa shape index (κ2) is 10.5. The first-order chi connectivity index (χ1) is 13.1. The van der Waals surface area contributed by atoms with Crippen molar-refractivity contribution in [1.82, 2.24) is 0 Å². The smallest absolute Gasteiger partial charge is 0.210 e. The minimum Gasteiger partial charge on any atom is -0.493 e. The Morgan fingerprint density at radius 1 is 0.857 bits per heavy atom. The maximum Gasteiger partial charge on any atom is 0.210 e. The number of benzene rings is 2. The third kappa shape index (κ3) is 5.08. The number of aryl methyl sites for hydroxylation is 2. The van der Waals surface area contributed by atoms with Crippen molar-refractivity contribution < 1.29 is 21.2 Å². The van der Waals surface area contributed by atoms with E-state index >= 15 is 0 Å². The zero-order chi connectivity index (χ0) is 19.2. The van der Waals surface area contributed by atoms with Crippen LogP contribution in [0.2, 0.25) is 0 Å². The summed E-state index contributed by atoms with van der Waals surface area (Å²) < 4.78 is 1.40. The maximum atomic E-state index is 11.1. The van der Waals surface area contributed by atoms with E-state index in [0.29, 0.717) is 0 Å². The van der Waals surface area contributed by atoms with E-state index in [1.165, 1.54) is 34.2 Å². The first kappa shape index (κ1) is 22.3. The molecule has 1 aliphatic rings. The number of unbranched alkanes of at least 4 members (excludes halogenated alkanes) is 2. The van der Waals surface area contributed by atoms with Gasteiger partial charge in [0.05, 0.1) is 0 Å². The minimum atomic E-state index is 0. The molecule has 2 aromatic carbocycles. The van der Waals surface area contributed by atoms with E-state index in [9.17, 15) is 5.53 Å². The molecule has 0 amide bonds. The third-order valence-corrected chi connectivity index (χ3v) is 5.19. The van der Waals surface area contributed by atoms with Crippen LogP contribution < -0.4 is 0 Å². The second-order valence-corrected chi connectivity index (χ2v) is 7.49. The molecule has 0 radical (unpaired) electrons. The van der Waals surface area contributed by atoms with Gasteiger partial charge in [-0.05, 0) is 62.4 Å². The van der Waals surface area contributed by atoms with Crippen LogP contribution >= 0.6 is 0 Å². The number of allylic oxidation sites excluding steroid dienone is 2. The van der Waals surface area contributed by atoms with E-state index in [2.05, 4.69) is 75.4 Å². The Balaban J connectivity index is 0.00000280. The number of rotatable bonds is 8. The quantitative estimate of drug-likeness (QED) is 0.318. The molecule has 150 valence electrons. The van der Waals surface area contributed by atoms with Gasteiger partial charge in [-0.25, -0.2) is 4.70 Å². The van der Waals surface area contributed by atoms with Gasteiger partial charge in [-0.2, -0.15) is 0 Å². The molecule has 0 N–H and O–H groups in total. The molecule has 0 saturated heterocycles. The summed E-state index contributed by atoms with van der Waals surface area (Å²) in [6.07, 6.45) is 8.90. The number of nitrogens with zero attached hydrogens (tertiary/aromatic N) is 2. The van der Waals surface area contributed by atoms with E-state index in [-0.39, 0.29) is 16.5 Å². The van der Waals surface area contributed by atoms with Gasteiger partial charge >= 0.3 is 0 Å². The van der Waals surface area contributed by atoms with Gasteiger partial charge in [-0.3, -0.25) is 0 Å². The molecule has 3 rings (SSSR count). The molecule has 3 heteroatoms. The Morgan fingerprint density at radius 3 is 2.25 bits per heavy atom. The first-order valence-corrected chi connectivity index (χ1v) is 10.2. The van der Waals surface area contributed by atoms with Crippen LogP contribution in [0.3, 0.4) is 0 Å². The van der Waals surface area contributed by atoms with Crippen molar-refractivity contribution in [3.05, 3.63) is 88.0 Å². The average molecular weight is 417 g/mol. The fourth-order valence-corrected chi connectivity index (χ4v) is 3.68. The zero-order valence-electron chi connectivity index (χ0n) is 17.1. The topological polar surface area (TPSA) is 25.3 Å². The Bertz CT molecular complexity index is 893. The van der Waals surface area contributed by atoms with E-state index in [1.807, 2.05) is 0 Å². The summed E-state index contributed by atoms with van der Waals surface area (Å²) in [4.78, 5) is 0. The molecule has 0 saturated carbocycles. The molecule has 0 atom stereocenters. The average Bonchev–Trinajstić information content (AvgIpc) is 3.01. The fraction of sp³-hybridized carbons (Fsp3) is 0.360. The second-order valence-electron chi connectivity index (χ2n) is 7.49. The van der Waals surface area contributed by atoms with Gasteiger partial charge in [0, 0.05) is 39.3 Å². The van der Waals surface area contributed by atoms with Crippen molar-refractivity contribution in [2.24, 2.45) is 0 Å². The summed E-state index contributed by atoms with van der Waals surface area (Å²) in [5.41, 5.74) is 18.8. The molecular formula is C25H30N2Ni. The van der Waals surface area contributed by atoms with Gasteiger partial charge in [0.1, 0.15) is 0 Å². The molecule has 0 aliphatic carbocycles. The molecule has 0 fully saturated rings. The Labute approximate surface area is 179 Å². The number of hydrogen-bond acceptors (Lipinski definition) is 0. The molecule has 2 nitrogen and oxygen atoms in total. The van der Waals surface area contributed by atoms with Crippen LogP contribution in [0.1, 0.15) is 68.2 Å². The van der Waals surface area contributed by atoms with Crippen LogP contribution in [0.5, 0.6) is 0 Å². The monoisotopic (exact) mass is 416 g/mol. The SMILES string of the molecule is CCCCC1=C(c2cccc(CCCC)c2)[N+](=[N-])C(c2cccc(C)c2)=C1.[Ni]. The molecule has 1 heterocycles. The van der Waals surface area contributed by atoms with Crippen LogP contribution in [0.15, 0.2) is 60.2 Å². The Morgan fingerprint density at radius 2 is 1.54 bits per heavy atom. The van der Waals surface area contributed by atoms with Crippen LogP contribution in [0, 0.1) is 6.92 Å². The zero-order valence-corrected chi connectivity index (χ0v) is 18.1.